The van der Waals surface area contributed by atoms with Crippen molar-refractivity contribution in [3.05, 3.63) is 12.8 Å². The van der Waals surface area contributed by atoms with E-state index >= 15 is 0 Å². The highest BCUT2D eigenvalue weighted by Crippen LogP contribution is 1.52. The van der Waals surface area contributed by atoms with Crippen LogP contribution in [0.2, 0.25) is 0 Å². The predicted molar refractivity (Wildman–Crippen MR) is 24.2 cm³/mol. The Balaban J connectivity index is 0. The monoisotopic (exact) mass is 92.1 g/mol. The Morgan fingerprint density at radius 3 is 1.83 bits per heavy atom. The second kappa shape index (κ2) is 24.9. The summed E-state index contributed by atoms with van der Waals surface area (Å²) in [6, 6.07) is 0. The molecular formula is C4H9FO. The SMILES string of the molecule is C=COC.CF. The summed E-state index contributed by atoms with van der Waals surface area (Å²) in [7, 11) is 2.06. The number of rotatable bonds is 1. The van der Waals surface area contributed by atoms with Gasteiger partial charge in [-0.25, -0.2) is 0 Å². The van der Waals surface area contributed by atoms with E-state index in [1.165, 1.54) is 6.26 Å². The standard InChI is InChI=1S/C3H6O.CH3F/c1-3-4-2;1-2/h3H,1H2,2H3;1H3. The lowest BCUT2D eigenvalue weighted by Gasteiger charge is -1.73. The van der Waals surface area contributed by atoms with E-state index in [-0.39, 0.29) is 0 Å². The molecule has 0 atom stereocenters. The van der Waals surface area contributed by atoms with Crippen molar-refractivity contribution in [1.29, 1.82) is 0 Å². The third-order valence-corrected chi connectivity index (χ3v) is 0.167. The number of alkyl halides is 1. The van der Waals surface area contributed by atoms with Gasteiger partial charge in [0.2, 0.25) is 0 Å². The van der Waals surface area contributed by atoms with Crippen molar-refractivity contribution < 1.29 is 9.13 Å². The van der Waals surface area contributed by atoms with E-state index in [9.17, 15) is 4.39 Å². The highest BCUT2D eigenvalue weighted by molar-refractivity contribution is 4.43. The molecule has 0 heterocycles. The van der Waals surface area contributed by atoms with E-state index in [1.807, 2.05) is 0 Å². The Hall–Kier alpha value is -0.530. The zero-order chi connectivity index (χ0) is 5.41. The first-order valence-electron chi connectivity index (χ1n) is 1.43. The summed E-state index contributed by atoms with van der Waals surface area (Å²) in [4.78, 5) is 0. The molecule has 0 bridgehead atoms. The van der Waals surface area contributed by atoms with Crippen LogP contribution in [0.3, 0.4) is 0 Å². The molecular weight excluding hydrogens is 83.0 g/mol. The van der Waals surface area contributed by atoms with Crippen molar-refractivity contribution in [2.75, 3.05) is 14.3 Å². The van der Waals surface area contributed by atoms with Gasteiger partial charge in [-0.3, -0.25) is 4.39 Å². The fourth-order valence-electron chi connectivity index (χ4n) is 0. The molecule has 0 rings (SSSR count). The normalized spacial score (nSPS) is 4.50. The molecule has 0 aliphatic rings. The Labute approximate surface area is 37.4 Å². The van der Waals surface area contributed by atoms with Gasteiger partial charge in [0.25, 0.3) is 0 Å². The molecule has 0 aliphatic heterocycles. The van der Waals surface area contributed by atoms with Crippen molar-refractivity contribution in [2.45, 2.75) is 0 Å². The minimum atomic E-state index is 0.500. The van der Waals surface area contributed by atoms with E-state index in [1.54, 1.807) is 7.11 Å². The molecule has 38 valence electrons. The summed E-state index contributed by atoms with van der Waals surface area (Å²) >= 11 is 0. The van der Waals surface area contributed by atoms with Crippen LogP contribution in [0.15, 0.2) is 12.8 Å². The minimum Gasteiger partial charge on any atom is -0.505 e. The second-order valence-corrected chi connectivity index (χ2v) is 0.402. The van der Waals surface area contributed by atoms with Gasteiger partial charge in [0.1, 0.15) is 0 Å². The highest BCUT2D eigenvalue weighted by Gasteiger charge is 1.36. The molecule has 0 aromatic heterocycles. The van der Waals surface area contributed by atoms with E-state index in [4.69, 9.17) is 0 Å². The molecule has 6 heavy (non-hydrogen) atoms. The quantitative estimate of drug-likeness (QED) is 0.444. The second-order valence-electron chi connectivity index (χ2n) is 0.402. The van der Waals surface area contributed by atoms with Gasteiger partial charge in [-0.2, -0.15) is 0 Å². The first-order valence-corrected chi connectivity index (χ1v) is 1.43. The van der Waals surface area contributed by atoms with E-state index in [0.717, 1.165) is 0 Å². The van der Waals surface area contributed by atoms with Crippen LogP contribution in [-0.2, 0) is 4.74 Å². The maximum Gasteiger partial charge on any atom is 0.0785 e. The Morgan fingerprint density at radius 2 is 1.83 bits per heavy atom. The molecule has 2 heteroatoms. The number of hydrogen-bond acceptors (Lipinski definition) is 1. The van der Waals surface area contributed by atoms with E-state index in [2.05, 4.69) is 11.3 Å². The fourth-order valence-corrected chi connectivity index (χ4v) is 0. The third-order valence-electron chi connectivity index (χ3n) is 0.167. The average Bonchev–Trinajstić information content (AvgIpc) is 1.72. The summed E-state index contributed by atoms with van der Waals surface area (Å²) < 4.78 is 13.8. The molecule has 0 aromatic carbocycles. The van der Waals surface area contributed by atoms with Gasteiger partial charge in [0.05, 0.1) is 20.5 Å². The van der Waals surface area contributed by atoms with Crippen LogP contribution in [0, 0.1) is 0 Å². The van der Waals surface area contributed by atoms with Gasteiger partial charge >= 0.3 is 0 Å². The van der Waals surface area contributed by atoms with E-state index in [0.29, 0.717) is 7.18 Å². The van der Waals surface area contributed by atoms with Crippen LogP contribution in [0.1, 0.15) is 0 Å². The van der Waals surface area contributed by atoms with Crippen LogP contribution < -0.4 is 0 Å². The first-order chi connectivity index (χ1) is 2.91. The number of halogens is 1. The highest BCUT2D eigenvalue weighted by atomic mass is 19.1. The molecule has 0 saturated heterocycles. The summed E-state index contributed by atoms with van der Waals surface area (Å²) in [5, 5.41) is 0. The lowest BCUT2D eigenvalue weighted by Crippen LogP contribution is -1.54. The summed E-state index contributed by atoms with van der Waals surface area (Å²) in [6.45, 7) is 3.26. The van der Waals surface area contributed by atoms with Gasteiger partial charge in [0.15, 0.2) is 0 Å². The summed E-state index contributed by atoms with van der Waals surface area (Å²) in [6.07, 6.45) is 1.38. The predicted octanol–water partition coefficient (Wildman–Crippen LogP) is 1.36. The molecule has 0 radical (unpaired) electrons. The minimum absolute atomic E-state index is 0.500. The van der Waals surface area contributed by atoms with Gasteiger partial charge in [0, 0.05) is 0 Å². The topological polar surface area (TPSA) is 9.23 Å². The van der Waals surface area contributed by atoms with Crippen LogP contribution in [0.5, 0.6) is 0 Å². The van der Waals surface area contributed by atoms with Gasteiger partial charge < -0.3 is 4.74 Å². The van der Waals surface area contributed by atoms with Crippen LogP contribution >= 0.6 is 0 Å². The van der Waals surface area contributed by atoms with Crippen molar-refractivity contribution in [1.82, 2.24) is 0 Å². The van der Waals surface area contributed by atoms with Crippen molar-refractivity contribution in [2.24, 2.45) is 0 Å². The van der Waals surface area contributed by atoms with Crippen LogP contribution in [-0.4, -0.2) is 14.3 Å². The van der Waals surface area contributed by atoms with E-state index < -0.39 is 0 Å². The van der Waals surface area contributed by atoms with Crippen molar-refractivity contribution in [3.8, 4) is 0 Å². The van der Waals surface area contributed by atoms with Crippen LogP contribution in [0.4, 0.5) is 4.39 Å². The van der Waals surface area contributed by atoms with Gasteiger partial charge in [-0.15, -0.1) is 0 Å². The zero-order valence-corrected chi connectivity index (χ0v) is 4.07. The molecule has 0 fully saturated rings. The maximum absolute atomic E-state index is 9.50. The van der Waals surface area contributed by atoms with Crippen LogP contribution in [0.25, 0.3) is 0 Å². The molecule has 0 unspecified atom stereocenters. The fraction of sp³-hybridized carbons (Fsp3) is 0.500. The lowest BCUT2D eigenvalue weighted by molar-refractivity contribution is 0.339. The molecule has 0 N–H and O–H groups in total. The number of ether oxygens (including phenoxy) is 1. The van der Waals surface area contributed by atoms with Gasteiger partial charge in [-0.1, -0.05) is 6.58 Å². The Kier molecular flexibility index (Phi) is 37.7. The maximum atomic E-state index is 9.50. The smallest absolute Gasteiger partial charge is 0.0785 e. The van der Waals surface area contributed by atoms with Gasteiger partial charge in [-0.05, 0) is 0 Å². The molecule has 1 nitrogen and oxygen atoms in total. The number of methoxy groups -OCH3 is 1. The lowest BCUT2D eigenvalue weighted by atomic mass is 11.2. The molecule has 0 saturated carbocycles. The largest absolute Gasteiger partial charge is 0.505 e. The zero-order valence-electron chi connectivity index (χ0n) is 4.07. The summed E-state index contributed by atoms with van der Waals surface area (Å²) in [5.74, 6) is 0. The summed E-state index contributed by atoms with van der Waals surface area (Å²) in [5.41, 5.74) is 0. The molecule has 0 spiro atoms. The molecule has 0 aliphatic carbocycles. The number of hydrogen-bond donors (Lipinski definition) is 0. The Morgan fingerprint density at radius 1 is 1.67 bits per heavy atom. The van der Waals surface area contributed by atoms with Crippen molar-refractivity contribution in [3.63, 3.8) is 0 Å². The average molecular weight is 92.1 g/mol. The molecule has 0 amide bonds. The third kappa shape index (κ3) is 95.8. The van der Waals surface area contributed by atoms with Crippen molar-refractivity contribution >= 4 is 0 Å². The Bertz CT molecular complexity index is 21.5. The first kappa shape index (κ1) is 9.08. The molecule has 0 aromatic rings.